The van der Waals surface area contributed by atoms with E-state index < -0.39 is 0 Å². The van der Waals surface area contributed by atoms with E-state index in [2.05, 4.69) is 49.1 Å². The van der Waals surface area contributed by atoms with Crippen LogP contribution < -0.4 is 10.1 Å². The Kier molecular flexibility index (Phi) is 5.12. The van der Waals surface area contributed by atoms with Crippen LogP contribution in [0.5, 0.6) is 5.75 Å². The number of nitrogens with one attached hydrogen (secondary N) is 1. The van der Waals surface area contributed by atoms with Gasteiger partial charge in [0.25, 0.3) is 0 Å². The molecule has 3 heteroatoms. The molecule has 1 heterocycles. The molecule has 3 rings (SSSR count). The molecule has 1 aromatic carbocycles. The van der Waals surface area contributed by atoms with Crippen LogP contribution >= 0.6 is 11.8 Å². The number of hydrogen-bond donors (Lipinski definition) is 1. The maximum absolute atomic E-state index is 5.99. The maximum atomic E-state index is 5.99. The lowest BCUT2D eigenvalue weighted by atomic mass is 9.98. The van der Waals surface area contributed by atoms with E-state index in [1.165, 1.54) is 42.6 Å². The lowest BCUT2D eigenvalue weighted by molar-refractivity contribution is 0.312. The summed E-state index contributed by atoms with van der Waals surface area (Å²) in [6.45, 7) is 5.28. The molecule has 0 bridgehead atoms. The fourth-order valence-electron chi connectivity index (χ4n) is 3.70. The summed E-state index contributed by atoms with van der Waals surface area (Å²) in [7, 11) is 0. The monoisotopic (exact) mass is 305 g/mol. The molecule has 0 radical (unpaired) electrons. The van der Waals surface area contributed by atoms with Gasteiger partial charge in [0.1, 0.15) is 5.75 Å². The quantitative estimate of drug-likeness (QED) is 0.886. The molecule has 116 valence electrons. The van der Waals surface area contributed by atoms with Crippen molar-refractivity contribution in [3.8, 4) is 5.75 Å². The molecule has 1 fully saturated rings. The largest absolute Gasteiger partial charge is 0.493 e. The van der Waals surface area contributed by atoms with Gasteiger partial charge >= 0.3 is 0 Å². The first-order chi connectivity index (χ1) is 10.3. The Morgan fingerprint density at radius 1 is 1.29 bits per heavy atom. The van der Waals surface area contributed by atoms with Gasteiger partial charge in [0, 0.05) is 22.9 Å². The van der Waals surface area contributed by atoms with Gasteiger partial charge in [-0.3, -0.25) is 0 Å². The van der Waals surface area contributed by atoms with Gasteiger partial charge in [-0.25, -0.2) is 0 Å². The van der Waals surface area contributed by atoms with Gasteiger partial charge in [0.05, 0.1) is 6.61 Å². The molecular formula is C18H27NOS. The van der Waals surface area contributed by atoms with Crippen molar-refractivity contribution in [1.29, 1.82) is 0 Å². The molecule has 1 aromatic rings. The first-order valence-electron chi connectivity index (χ1n) is 8.38. The minimum Gasteiger partial charge on any atom is -0.493 e. The number of thioether (sulfide) groups is 1. The number of benzene rings is 1. The highest BCUT2D eigenvalue weighted by Gasteiger charge is 2.28. The number of aryl methyl sites for hydroxylation is 1. The highest BCUT2D eigenvalue weighted by molar-refractivity contribution is 7.99. The summed E-state index contributed by atoms with van der Waals surface area (Å²) >= 11 is 2.13. The van der Waals surface area contributed by atoms with Gasteiger partial charge in [0.2, 0.25) is 0 Å². The van der Waals surface area contributed by atoms with Gasteiger partial charge in [0.15, 0.2) is 0 Å². The zero-order chi connectivity index (χ0) is 14.7. The van der Waals surface area contributed by atoms with E-state index in [9.17, 15) is 0 Å². The lowest BCUT2D eigenvalue weighted by Gasteiger charge is -2.23. The molecule has 3 unspecified atom stereocenters. The SMILES string of the molecule is CCSC1CCC(NC2CCCOc3c(C)cccc32)C1. The van der Waals surface area contributed by atoms with E-state index in [1.54, 1.807) is 0 Å². The standard InChI is InChI=1S/C18H27NOS/c1-3-21-15-10-9-14(12-15)19-17-8-5-11-20-18-13(2)6-4-7-16(17)18/h4,6-7,14-15,17,19H,3,5,8-12H2,1-2H3. The summed E-state index contributed by atoms with van der Waals surface area (Å²) in [6, 6.07) is 7.73. The summed E-state index contributed by atoms with van der Waals surface area (Å²) in [4.78, 5) is 0. The van der Waals surface area contributed by atoms with Crippen LogP contribution in [0.3, 0.4) is 0 Å². The van der Waals surface area contributed by atoms with Crippen LogP contribution in [-0.2, 0) is 0 Å². The van der Waals surface area contributed by atoms with Crippen molar-refractivity contribution in [2.75, 3.05) is 12.4 Å². The molecule has 2 nitrogen and oxygen atoms in total. The zero-order valence-electron chi connectivity index (χ0n) is 13.2. The Morgan fingerprint density at radius 2 is 2.19 bits per heavy atom. The third-order valence-corrected chi connectivity index (χ3v) is 5.96. The number of hydrogen-bond acceptors (Lipinski definition) is 3. The van der Waals surface area contributed by atoms with Crippen LogP contribution in [0.25, 0.3) is 0 Å². The van der Waals surface area contributed by atoms with Crippen molar-refractivity contribution in [3.05, 3.63) is 29.3 Å². The van der Waals surface area contributed by atoms with Crippen LogP contribution in [0.15, 0.2) is 18.2 Å². The predicted octanol–water partition coefficient (Wildman–Crippen LogP) is 4.47. The average Bonchev–Trinajstić information content (AvgIpc) is 2.80. The molecule has 1 N–H and O–H groups in total. The number of ether oxygens (including phenoxy) is 1. The van der Waals surface area contributed by atoms with Crippen molar-refractivity contribution in [2.24, 2.45) is 0 Å². The molecular weight excluding hydrogens is 278 g/mol. The minimum atomic E-state index is 0.470. The van der Waals surface area contributed by atoms with Crippen molar-refractivity contribution < 1.29 is 4.74 Å². The molecule has 0 aromatic heterocycles. The third kappa shape index (κ3) is 3.57. The fraction of sp³-hybridized carbons (Fsp3) is 0.667. The molecule has 0 amide bonds. The van der Waals surface area contributed by atoms with E-state index in [1.807, 2.05) is 0 Å². The summed E-state index contributed by atoms with van der Waals surface area (Å²) in [6.07, 6.45) is 6.37. The van der Waals surface area contributed by atoms with Crippen molar-refractivity contribution in [2.45, 2.75) is 63.3 Å². The van der Waals surface area contributed by atoms with E-state index in [-0.39, 0.29) is 0 Å². The van der Waals surface area contributed by atoms with Gasteiger partial charge in [-0.05, 0) is 50.3 Å². The summed E-state index contributed by atoms with van der Waals surface area (Å²) in [5, 5.41) is 4.80. The molecule has 2 aliphatic rings. The third-order valence-electron chi connectivity index (χ3n) is 4.73. The van der Waals surface area contributed by atoms with Crippen LogP contribution in [-0.4, -0.2) is 23.7 Å². The van der Waals surface area contributed by atoms with E-state index in [0.717, 1.165) is 24.0 Å². The molecule has 1 aliphatic carbocycles. The lowest BCUT2D eigenvalue weighted by Crippen LogP contribution is -2.31. The van der Waals surface area contributed by atoms with Crippen molar-refractivity contribution >= 4 is 11.8 Å². The number of para-hydroxylation sites is 1. The summed E-state index contributed by atoms with van der Waals surface area (Å²) < 4.78 is 5.99. The molecule has 21 heavy (non-hydrogen) atoms. The number of rotatable bonds is 4. The Morgan fingerprint density at radius 3 is 3.05 bits per heavy atom. The Labute approximate surface area is 133 Å². The molecule has 0 spiro atoms. The van der Waals surface area contributed by atoms with Crippen LogP contribution in [0.1, 0.15) is 56.2 Å². The number of fused-ring (bicyclic) bond motifs is 1. The second-order valence-corrected chi connectivity index (χ2v) is 7.87. The highest BCUT2D eigenvalue weighted by atomic mass is 32.2. The van der Waals surface area contributed by atoms with E-state index in [4.69, 9.17) is 4.74 Å². The van der Waals surface area contributed by atoms with Gasteiger partial charge in [-0.15, -0.1) is 0 Å². The molecule has 1 aliphatic heterocycles. The average molecular weight is 305 g/mol. The second kappa shape index (κ2) is 7.06. The Hall–Kier alpha value is -0.670. The van der Waals surface area contributed by atoms with Gasteiger partial charge in [-0.1, -0.05) is 25.1 Å². The Bertz CT molecular complexity index is 476. The van der Waals surface area contributed by atoms with E-state index in [0.29, 0.717) is 12.1 Å². The molecule has 0 saturated heterocycles. The first kappa shape index (κ1) is 15.2. The smallest absolute Gasteiger partial charge is 0.126 e. The van der Waals surface area contributed by atoms with Crippen LogP contribution in [0, 0.1) is 6.92 Å². The molecule has 3 atom stereocenters. The van der Waals surface area contributed by atoms with Crippen molar-refractivity contribution in [3.63, 3.8) is 0 Å². The normalized spacial score (nSPS) is 28.8. The topological polar surface area (TPSA) is 21.3 Å². The first-order valence-corrected chi connectivity index (χ1v) is 9.42. The highest BCUT2D eigenvalue weighted by Crippen LogP contribution is 2.36. The second-order valence-electron chi connectivity index (χ2n) is 6.29. The summed E-state index contributed by atoms with van der Waals surface area (Å²) in [5.41, 5.74) is 2.64. The van der Waals surface area contributed by atoms with Crippen molar-refractivity contribution in [1.82, 2.24) is 5.32 Å². The predicted molar refractivity (Wildman–Crippen MR) is 91.3 cm³/mol. The van der Waals surface area contributed by atoms with Crippen LogP contribution in [0.4, 0.5) is 0 Å². The van der Waals surface area contributed by atoms with E-state index >= 15 is 0 Å². The summed E-state index contributed by atoms with van der Waals surface area (Å²) in [5.74, 6) is 2.38. The molecule has 1 saturated carbocycles. The van der Waals surface area contributed by atoms with Gasteiger partial charge < -0.3 is 10.1 Å². The zero-order valence-corrected chi connectivity index (χ0v) is 14.0. The minimum absolute atomic E-state index is 0.470. The Balaban J connectivity index is 1.70. The van der Waals surface area contributed by atoms with Gasteiger partial charge in [-0.2, -0.15) is 11.8 Å². The maximum Gasteiger partial charge on any atom is 0.126 e. The fourth-order valence-corrected chi connectivity index (χ4v) is 4.84. The van der Waals surface area contributed by atoms with Crippen LogP contribution in [0.2, 0.25) is 0 Å².